The zero-order chi connectivity index (χ0) is 18.0. The molecule has 1 N–H and O–H groups in total. The van der Waals surface area contributed by atoms with Gasteiger partial charge in [0.1, 0.15) is 0 Å². The maximum atomic E-state index is 12.2. The predicted molar refractivity (Wildman–Crippen MR) is 95.6 cm³/mol. The highest BCUT2D eigenvalue weighted by Gasteiger charge is 2.23. The van der Waals surface area contributed by atoms with E-state index in [-0.39, 0.29) is 11.3 Å². The number of hydrogen-bond acceptors (Lipinski definition) is 5. The summed E-state index contributed by atoms with van der Waals surface area (Å²) in [6, 6.07) is 8.53. The zero-order valence-electron chi connectivity index (χ0n) is 14.1. The number of nitrogens with one attached hydrogen (secondary N) is 1. The van der Waals surface area contributed by atoms with Gasteiger partial charge in [-0.15, -0.1) is 0 Å². The lowest BCUT2D eigenvalue weighted by Crippen LogP contribution is -2.12. The molecule has 25 heavy (non-hydrogen) atoms. The number of pyridine rings is 1. The Labute approximate surface area is 150 Å². The van der Waals surface area contributed by atoms with Gasteiger partial charge in [-0.25, -0.2) is 0 Å². The summed E-state index contributed by atoms with van der Waals surface area (Å²) < 4.78 is 5.29. The van der Waals surface area contributed by atoms with Gasteiger partial charge in [0.05, 0.1) is 10.6 Å². The molecule has 3 aromatic rings. The van der Waals surface area contributed by atoms with Crippen LogP contribution in [0.25, 0.3) is 11.4 Å². The smallest absolute Gasteiger partial charge is 0.257 e. The Bertz CT molecular complexity index is 901. The van der Waals surface area contributed by atoms with E-state index in [1.54, 1.807) is 36.5 Å². The van der Waals surface area contributed by atoms with Crippen molar-refractivity contribution in [2.75, 3.05) is 5.32 Å². The molecule has 6 nitrogen and oxygen atoms in total. The Kier molecular flexibility index (Phi) is 4.55. The van der Waals surface area contributed by atoms with Gasteiger partial charge in [0.2, 0.25) is 11.7 Å². The van der Waals surface area contributed by atoms with Gasteiger partial charge in [0, 0.05) is 29.1 Å². The number of carbonyl (C=O) groups is 1. The number of anilines is 1. The Morgan fingerprint density at radius 2 is 2.04 bits per heavy atom. The monoisotopic (exact) mass is 356 g/mol. The second-order valence-electron chi connectivity index (χ2n) is 6.56. The van der Waals surface area contributed by atoms with E-state index in [2.05, 4.69) is 20.4 Å². The third-order valence-electron chi connectivity index (χ3n) is 3.46. The summed E-state index contributed by atoms with van der Waals surface area (Å²) in [6.45, 7) is 5.97. The molecule has 1 aromatic carbocycles. The average molecular weight is 357 g/mol. The molecule has 0 aliphatic rings. The van der Waals surface area contributed by atoms with E-state index >= 15 is 0 Å². The molecule has 0 saturated heterocycles. The highest BCUT2D eigenvalue weighted by molar-refractivity contribution is 6.33. The summed E-state index contributed by atoms with van der Waals surface area (Å²) in [7, 11) is 0. The van der Waals surface area contributed by atoms with Crippen LogP contribution in [0.3, 0.4) is 0 Å². The fourth-order valence-electron chi connectivity index (χ4n) is 2.11. The van der Waals surface area contributed by atoms with Crippen LogP contribution in [0.5, 0.6) is 0 Å². The second kappa shape index (κ2) is 6.64. The maximum Gasteiger partial charge on any atom is 0.257 e. The van der Waals surface area contributed by atoms with Crippen LogP contribution in [0.1, 0.15) is 37.0 Å². The molecule has 0 unspecified atom stereocenters. The summed E-state index contributed by atoms with van der Waals surface area (Å²) in [5, 5.41) is 7.19. The molecule has 0 fully saturated rings. The SMILES string of the molecule is CC(C)(C)c1nc(-c2ccc(NC(=O)c3cccnc3)cc2Cl)no1. The van der Waals surface area contributed by atoms with E-state index in [0.717, 1.165) is 0 Å². The van der Waals surface area contributed by atoms with Crippen molar-refractivity contribution in [2.45, 2.75) is 26.2 Å². The van der Waals surface area contributed by atoms with Gasteiger partial charge in [-0.3, -0.25) is 9.78 Å². The van der Waals surface area contributed by atoms with E-state index in [4.69, 9.17) is 16.1 Å². The van der Waals surface area contributed by atoms with Crippen LogP contribution < -0.4 is 5.32 Å². The van der Waals surface area contributed by atoms with E-state index in [1.165, 1.54) is 6.20 Å². The van der Waals surface area contributed by atoms with Crippen molar-refractivity contribution < 1.29 is 9.32 Å². The van der Waals surface area contributed by atoms with Crippen LogP contribution in [0.4, 0.5) is 5.69 Å². The van der Waals surface area contributed by atoms with Gasteiger partial charge in [0.25, 0.3) is 5.91 Å². The number of amides is 1. The average Bonchev–Trinajstić information content (AvgIpc) is 3.06. The van der Waals surface area contributed by atoms with Crippen LogP contribution >= 0.6 is 11.6 Å². The molecule has 2 aromatic heterocycles. The summed E-state index contributed by atoms with van der Waals surface area (Å²) in [5.74, 6) is 0.694. The van der Waals surface area contributed by atoms with Crippen molar-refractivity contribution >= 4 is 23.2 Å². The summed E-state index contributed by atoms with van der Waals surface area (Å²) in [5.41, 5.74) is 1.44. The molecule has 0 atom stereocenters. The van der Waals surface area contributed by atoms with Crippen molar-refractivity contribution in [3.05, 3.63) is 59.2 Å². The van der Waals surface area contributed by atoms with Gasteiger partial charge >= 0.3 is 0 Å². The van der Waals surface area contributed by atoms with Crippen molar-refractivity contribution in [2.24, 2.45) is 0 Å². The van der Waals surface area contributed by atoms with E-state index in [9.17, 15) is 4.79 Å². The summed E-state index contributed by atoms with van der Waals surface area (Å²) in [4.78, 5) is 20.5. The van der Waals surface area contributed by atoms with E-state index in [0.29, 0.717) is 33.6 Å². The molecule has 0 saturated carbocycles. The Morgan fingerprint density at radius 3 is 2.64 bits per heavy atom. The summed E-state index contributed by atoms with van der Waals surface area (Å²) >= 11 is 6.33. The Balaban J connectivity index is 1.82. The number of nitrogens with zero attached hydrogens (tertiary/aromatic N) is 3. The van der Waals surface area contributed by atoms with Crippen LogP contribution in [0.15, 0.2) is 47.2 Å². The minimum Gasteiger partial charge on any atom is -0.338 e. The molecular formula is C18H17ClN4O2. The number of hydrogen-bond donors (Lipinski definition) is 1. The molecule has 1 amide bonds. The maximum absolute atomic E-state index is 12.2. The van der Waals surface area contributed by atoms with Crippen LogP contribution in [-0.2, 0) is 5.41 Å². The van der Waals surface area contributed by atoms with Crippen LogP contribution in [-0.4, -0.2) is 21.0 Å². The van der Waals surface area contributed by atoms with Gasteiger partial charge in [-0.05, 0) is 30.3 Å². The first-order chi connectivity index (χ1) is 11.8. The van der Waals surface area contributed by atoms with E-state index < -0.39 is 0 Å². The fraction of sp³-hybridized carbons (Fsp3) is 0.222. The molecule has 0 bridgehead atoms. The second-order valence-corrected chi connectivity index (χ2v) is 6.97. The predicted octanol–water partition coefficient (Wildman–Crippen LogP) is 4.33. The van der Waals surface area contributed by atoms with Crippen molar-refractivity contribution in [1.29, 1.82) is 0 Å². The zero-order valence-corrected chi connectivity index (χ0v) is 14.8. The molecule has 7 heteroatoms. The number of halogens is 1. The number of aromatic nitrogens is 3. The Hall–Kier alpha value is -2.73. The van der Waals surface area contributed by atoms with Crippen molar-refractivity contribution in [3.63, 3.8) is 0 Å². The quantitative estimate of drug-likeness (QED) is 0.755. The minimum absolute atomic E-state index is 0.241. The van der Waals surface area contributed by atoms with Crippen LogP contribution in [0, 0.1) is 0 Å². The van der Waals surface area contributed by atoms with Crippen molar-refractivity contribution in [1.82, 2.24) is 15.1 Å². The molecular weight excluding hydrogens is 340 g/mol. The molecule has 0 spiro atoms. The first kappa shape index (κ1) is 17.1. The number of benzene rings is 1. The summed E-state index contributed by atoms with van der Waals surface area (Å²) in [6.07, 6.45) is 3.11. The molecule has 3 rings (SSSR count). The van der Waals surface area contributed by atoms with Gasteiger partial charge < -0.3 is 9.84 Å². The highest BCUT2D eigenvalue weighted by atomic mass is 35.5. The van der Waals surface area contributed by atoms with E-state index in [1.807, 2.05) is 20.8 Å². The lowest BCUT2D eigenvalue weighted by atomic mass is 9.97. The lowest BCUT2D eigenvalue weighted by Gasteiger charge is -2.10. The van der Waals surface area contributed by atoms with Crippen molar-refractivity contribution in [3.8, 4) is 11.4 Å². The molecule has 0 radical (unpaired) electrons. The lowest BCUT2D eigenvalue weighted by molar-refractivity contribution is 0.102. The highest BCUT2D eigenvalue weighted by Crippen LogP contribution is 2.30. The Morgan fingerprint density at radius 1 is 1.24 bits per heavy atom. The first-order valence-electron chi connectivity index (χ1n) is 7.70. The molecule has 0 aliphatic carbocycles. The largest absolute Gasteiger partial charge is 0.338 e. The standard InChI is InChI=1S/C18H17ClN4O2/c1-18(2,3)17-22-15(23-25-17)13-7-6-12(9-14(13)19)21-16(24)11-5-4-8-20-10-11/h4-10H,1-3H3,(H,21,24). The van der Waals surface area contributed by atoms with Gasteiger partial charge in [-0.2, -0.15) is 4.98 Å². The third kappa shape index (κ3) is 3.85. The number of rotatable bonds is 3. The van der Waals surface area contributed by atoms with Crippen LogP contribution in [0.2, 0.25) is 5.02 Å². The normalized spacial score (nSPS) is 11.4. The topological polar surface area (TPSA) is 80.9 Å². The molecule has 128 valence electrons. The number of carbonyl (C=O) groups excluding carboxylic acids is 1. The molecule has 0 aliphatic heterocycles. The fourth-order valence-corrected chi connectivity index (χ4v) is 2.38. The minimum atomic E-state index is -0.258. The first-order valence-corrected chi connectivity index (χ1v) is 8.08. The van der Waals surface area contributed by atoms with Gasteiger partial charge in [-0.1, -0.05) is 37.5 Å². The third-order valence-corrected chi connectivity index (χ3v) is 3.77. The molecule has 2 heterocycles. The van der Waals surface area contributed by atoms with Gasteiger partial charge in [0.15, 0.2) is 0 Å².